The smallest absolute Gasteiger partial charge is 0.126 e. The van der Waals surface area contributed by atoms with Crippen LogP contribution in [0.1, 0.15) is 11.1 Å². The molecular weight excluding hydrogens is 318 g/mol. The van der Waals surface area contributed by atoms with Crippen molar-refractivity contribution in [3.05, 3.63) is 58.9 Å². The number of nitrogens with zero attached hydrogens (tertiary/aromatic N) is 2. The van der Waals surface area contributed by atoms with Crippen molar-refractivity contribution in [2.75, 3.05) is 13.2 Å². The molecule has 1 atom stereocenters. The van der Waals surface area contributed by atoms with Crippen LogP contribution in [0.4, 0.5) is 0 Å². The van der Waals surface area contributed by atoms with Gasteiger partial charge in [-0.25, -0.2) is 0 Å². The molecule has 1 aromatic carbocycles. The highest BCUT2D eigenvalue weighted by Gasteiger charge is 2.24. The molecule has 1 aliphatic rings. The second kappa shape index (κ2) is 7.13. The van der Waals surface area contributed by atoms with Gasteiger partial charge in [-0.05, 0) is 48.7 Å². The summed E-state index contributed by atoms with van der Waals surface area (Å²) in [7, 11) is 0. The minimum Gasteiger partial charge on any atom is -0.395 e. The van der Waals surface area contributed by atoms with Gasteiger partial charge in [0.1, 0.15) is 6.61 Å². The predicted molar refractivity (Wildman–Crippen MR) is 90.3 cm³/mol. The molecule has 0 aliphatic carbocycles. The van der Waals surface area contributed by atoms with Gasteiger partial charge in [0.15, 0.2) is 0 Å². The highest BCUT2D eigenvalue weighted by molar-refractivity contribution is 7.97. The van der Waals surface area contributed by atoms with Crippen LogP contribution in [-0.4, -0.2) is 23.8 Å². The normalized spacial score (nSPS) is 17.2. The van der Waals surface area contributed by atoms with Gasteiger partial charge >= 0.3 is 0 Å². The molecule has 4 nitrogen and oxygen atoms in total. The third-order valence-corrected chi connectivity index (χ3v) is 4.65. The van der Waals surface area contributed by atoms with Crippen LogP contribution in [0.15, 0.2) is 52.8 Å². The Hall–Kier alpha value is -1.56. The fourth-order valence-corrected chi connectivity index (χ4v) is 3.06. The number of rotatable bonds is 5. The summed E-state index contributed by atoms with van der Waals surface area (Å²) in [5.74, 6) is 0.227. The fourth-order valence-electron chi connectivity index (χ4n) is 2.23. The molecule has 0 fully saturated rings. The summed E-state index contributed by atoms with van der Waals surface area (Å²) in [6.07, 6.45) is 3.60. The molecule has 22 heavy (non-hydrogen) atoms. The molecule has 114 valence electrons. The highest BCUT2D eigenvalue weighted by Crippen LogP contribution is 2.22. The second-order valence-corrected chi connectivity index (χ2v) is 6.44. The van der Waals surface area contributed by atoms with Gasteiger partial charge in [-0.2, -0.15) is 0 Å². The van der Waals surface area contributed by atoms with Crippen LogP contribution < -0.4 is 4.72 Å². The summed E-state index contributed by atoms with van der Waals surface area (Å²) in [6, 6.07) is 9.89. The Morgan fingerprint density at radius 1 is 1.41 bits per heavy atom. The predicted octanol–water partition coefficient (Wildman–Crippen LogP) is 3.69. The van der Waals surface area contributed by atoms with Gasteiger partial charge in [-0.1, -0.05) is 22.8 Å². The zero-order chi connectivity index (χ0) is 15.4. The van der Waals surface area contributed by atoms with Crippen molar-refractivity contribution < 1.29 is 4.84 Å². The van der Waals surface area contributed by atoms with Gasteiger partial charge in [-0.15, -0.1) is 0 Å². The lowest BCUT2D eigenvalue weighted by atomic mass is 9.97. The highest BCUT2D eigenvalue weighted by atomic mass is 35.5. The molecule has 1 N–H and O–H groups in total. The Morgan fingerprint density at radius 2 is 2.32 bits per heavy atom. The van der Waals surface area contributed by atoms with Gasteiger partial charge in [0.2, 0.25) is 0 Å². The van der Waals surface area contributed by atoms with Crippen LogP contribution in [0, 0.1) is 12.8 Å². The number of pyridine rings is 1. The van der Waals surface area contributed by atoms with Gasteiger partial charge < -0.3 is 4.84 Å². The summed E-state index contributed by atoms with van der Waals surface area (Å²) in [4.78, 5) is 10.5. The molecular formula is C16H16ClN3OS. The van der Waals surface area contributed by atoms with E-state index >= 15 is 0 Å². The molecule has 0 saturated carbocycles. The van der Waals surface area contributed by atoms with Crippen molar-refractivity contribution in [2.45, 2.75) is 11.8 Å². The number of halogens is 1. The maximum atomic E-state index is 6.08. The molecule has 0 radical (unpaired) electrons. The lowest BCUT2D eigenvalue weighted by Crippen LogP contribution is -2.25. The first-order valence-electron chi connectivity index (χ1n) is 7.00. The maximum absolute atomic E-state index is 6.08. The molecule has 2 heterocycles. The molecule has 0 bridgehead atoms. The second-order valence-electron chi connectivity index (χ2n) is 5.07. The van der Waals surface area contributed by atoms with Crippen LogP contribution in [0.2, 0.25) is 5.02 Å². The number of oxime groups is 1. The average molecular weight is 334 g/mol. The average Bonchev–Trinajstić information content (AvgIpc) is 3.00. The Labute approximate surface area is 139 Å². The maximum Gasteiger partial charge on any atom is 0.126 e. The largest absolute Gasteiger partial charge is 0.395 e. The quantitative estimate of drug-likeness (QED) is 0.848. The monoisotopic (exact) mass is 333 g/mol. The van der Waals surface area contributed by atoms with Crippen LogP contribution in [0.5, 0.6) is 0 Å². The summed E-state index contributed by atoms with van der Waals surface area (Å²) in [5, 5.41) is 4.96. The first-order chi connectivity index (χ1) is 10.7. The fraction of sp³-hybridized carbons (Fsp3) is 0.250. The lowest BCUT2D eigenvalue weighted by Gasteiger charge is -2.12. The van der Waals surface area contributed by atoms with Crippen molar-refractivity contribution in [1.82, 2.24) is 9.71 Å². The van der Waals surface area contributed by atoms with Gasteiger partial charge in [0.25, 0.3) is 0 Å². The molecule has 1 aromatic heterocycles. The van der Waals surface area contributed by atoms with E-state index in [1.807, 2.05) is 37.4 Å². The van der Waals surface area contributed by atoms with Crippen molar-refractivity contribution >= 4 is 29.3 Å². The lowest BCUT2D eigenvalue weighted by molar-refractivity contribution is 0.155. The van der Waals surface area contributed by atoms with E-state index in [4.69, 9.17) is 16.4 Å². The molecule has 6 heteroatoms. The first kappa shape index (κ1) is 15.3. The van der Waals surface area contributed by atoms with Crippen LogP contribution in [-0.2, 0) is 4.84 Å². The van der Waals surface area contributed by atoms with Gasteiger partial charge in [0.05, 0.1) is 11.6 Å². The van der Waals surface area contributed by atoms with Crippen molar-refractivity contribution in [3.8, 4) is 0 Å². The summed E-state index contributed by atoms with van der Waals surface area (Å²) < 4.78 is 3.36. The van der Waals surface area contributed by atoms with E-state index in [2.05, 4.69) is 20.9 Å². The Bertz CT molecular complexity index is 678. The minimum atomic E-state index is 0.227. The van der Waals surface area contributed by atoms with Gasteiger partial charge in [-0.3, -0.25) is 9.71 Å². The standard InChI is InChI=1S/C16H16ClN3OS/c1-11-7-12(4-5-15(11)17)16-13(10-21-20-16)8-19-22-14-3-2-6-18-9-14/h2-7,9,13,19H,8,10H2,1H3. The van der Waals surface area contributed by atoms with E-state index < -0.39 is 0 Å². The number of aromatic nitrogens is 1. The molecule has 3 rings (SSSR count). The molecule has 1 aliphatic heterocycles. The molecule has 0 spiro atoms. The summed E-state index contributed by atoms with van der Waals surface area (Å²) in [6.45, 7) is 3.37. The first-order valence-corrected chi connectivity index (χ1v) is 8.19. The van der Waals surface area contributed by atoms with Crippen LogP contribution in [0.3, 0.4) is 0 Å². The number of hydrogen-bond acceptors (Lipinski definition) is 5. The topological polar surface area (TPSA) is 46.5 Å². The third-order valence-electron chi connectivity index (χ3n) is 3.43. The zero-order valence-electron chi connectivity index (χ0n) is 12.1. The zero-order valence-corrected chi connectivity index (χ0v) is 13.7. The van der Waals surface area contributed by atoms with Crippen molar-refractivity contribution in [3.63, 3.8) is 0 Å². The van der Waals surface area contributed by atoms with E-state index in [1.165, 1.54) is 0 Å². The van der Waals surface area contributed by atoms with E-state index in [0.29, 0.717) is 6.61 Å². The molecule has 0 saturated heterocycles. The van der Waals surface area contributed by atoms with E-state index in [1.54, 1.807) is 18.1 Å². The number of nitrogens with one attached hydrogen (secondary N) is 1. The third kappa shape index (κ3) is 3.61. The summed E-state index contributed by atoms with van der Waals surface area (Å²) in [5.41, 5.74) is 3.09. The van der Waals surface area contributed by atoms with E-state index in [-0.39, 0.29) is 5.92 Å². The number of benzene rings is 1. The molecule has 2 aromatic rings. The summed E-state index contributed by atoms with van der Waals surface area (Å²) >= 11 is 7.65. The van der Waals surface area contributed by atoms with Crippen molar-refractivity contribution in [1.29, 1.82) is 0 Å². The Morgan fingerprint density at radius 3 is 3.09 bits per heavy atom. The molecule has 0 amide bonds. The van der Waals surface area contributed by atoms with Crippen LogP contribution in [0.25, 0.3) is 0 Å². The number of aryl methyl sites for hydroxylation is 1. The minimum absolute atomic E-state index is 0.227. The Kier molecular flexibility index (Phi) is 4.97. The number of hydrogen-bond donors (Lipinski definition) is 1. The van der Waals surface area contributed by atoms with Crippen LogP contribution >= 0.6 is 23.5 Å². The van der Waals surface area contributed by atoms with E-state index in [0.717, 1.165) is 33.3 Å². The molecule has 1 unspecified atom stereocenters. The van der Waals surface area contributed by atoms with E-state index in [9.17, 15) is 0 Å². The van der Waals surface area contributed by atoms with Crippen molar-refractivity contribution in [2.24, 2.45) is 11.1 Å². The Balaban J connectivity index is 1.62. The van der Waals surface area contributed by atoms with Gasteiger partial charge in [0, 0.05) is 34.4 Å². The SMILES string of the molecule is Cc1cc(C2=NOCC2CNSc2cccnc2)ccc1Cl.